The molecule has 1 aromatic carbocycles. The lowest BCUT2D eigenvalue weighted by Crippen LogP contribution is -2.39. The quantitative estimate of drug-likeness (QED) is 0.809. The Hall–Kier alpha value is -2.25. The first-order valence-electron chi connectivity index (χ1n) is 8.15. The van der Waals surface area contributed by atoms with E-state index < -0.39 is 0 Å². The van der Waals surface area contributed by atoms with Gasteiger partial charge in [0.05, 0.1) is 13.2 Å². The number of nitrogens with zero attached hydrogens (tertiary/aromatic N) is 3. The topological polar surface area (TPSA) is 62.3 Å². The maximum atomic E-state index is 12.9. The van der Waals surface area contributed by atoms with Gasteiger partial charge in [0.15, 0.2) is 0 Å². The molecule has 0 unspecified atom stereocenters. The van der Waals surface area contributed by atoms with Gasteiger partial charge in [-0.05, 0) is 23.8 Å². The van der Waals surface area contributed by atoms with Gasteiger partial charge in [-0.25, -0.2) is 9.37 Å². The highest BCUT2D eigenvalue weighted by Gasteiger charge is 2.09. The molecule has 0 aliphatic carbocycles. The van der Waals surface area contributed by atoms with Crippen LogP contribution in [0.25, 0.3) is 0 Å². The van der Waals surface area contributed by atoms with E-state index in [1.165, 1.54) is 12.1 Å². The zero-order valence-electron chi connectivity index (χ0n) is 13.5. The van der Waals surface area contributed by atoms with Crippen molar-refractivity contribution in [3.05, 3.63) is 47.9 Å². The minimum Gasteiger partial charge on any atom is -0.379 e. The molecule has 1 aromatic heterocycles. The van der Waals surface area contributed by atoms with Gasteiger partial charge in [0, 0.05) is 38.9 Å². The predicted molar refractivity (Wildman–Crippen MR) is 91.5 cm³/mol. The smallest absolute Gasteiger partial charge is 0.224 e. The molecular formula is C17H22FN5O. The zero-order chi connectivity index (χ0) is 16.6. The number of nitrogens with one attached hydrogen (secondary N) is 2. The van der Waals surface area contributed by atoms with Gasteiger partial charge in [0.1, 0.15) is 11.6 Å². The first kappa shape index (κ1) is 16.6. The molecule has 1 fully saturated rings. The van der Waals surface area contributed by atoms with Crippen molar-refractivity contribution in [2.45, 2.75) is 6.54 Å². The summed E-state index contributed by atoms with van der Waals surface area (Å²) in [6.07, 6.45) is 1.72. The van der Waals surface area contributed by atoms with Crippen LogP contribution in [-0.2, 0) is 11.3 Å². The van der Waals surface area contributed by atoms with Crippen LogP contribution in [0.2, 0.25) is 0 Å². The monoisotopic (exact) mass is 331 g/mol. The van der Waals surface area contributed by atoms with Crippen molar-refractivity contribution in [3.8, 4) is 0 Å². The molecule has 0 spiro atoms. The Morgan fingerprint density at radius 3 is 2.67 bits per heavy atom. The van der Waals surface area contributed by atoms with Gasteiger partial charge in [0.2, 0.25) is 5.95 Å². The number of morpholine rings is 1. The number of anilines is 2. The number of aromatic nitrogens is 2. The summed E-state index contributed by atoms with van der Waals surface area (Å²) in [5, 5.41) is 6.46. The van der Waals surface area contributed by atoms with E-state index >= 15 is 0 Å². The Morgan fingerprint density at radius 1 is 1.08 bits per heavy atom. The summed E-state index contributed by atoms with van der Waals surface area (Å²) in [4.78, 5) is 11.0. The molecule has 128 valence electrons. The maximum absolute atomic E-state index is 12.9. The summed E-state index contributed by atoms with van der Waals surface area (Å²) in [6, 6.07) is 8.23. The van der Waals surface area contributed by atoms with Gasteiger partial charge in [-0.3, -0.25) is 4.90 Å². The van der Waals surface area contributed by atoms with Gasteiger partial charge in [0.25, 0.3) is 0 Å². The molecule has 24 heavy (non-hydrogen) atoms. The first-order chi connectivity index (χ1) is 11.8. The molecule has 2 N–H and O–H groups in total. The lowest BCUT2D eigenvalue weighted by atomic mass is 10.2. The predicted octanol–water partition coefficient (Wildman–Crippen LogP) is 1.97. The third kappa shape index (κ3) is 5.14. The van der Waals surface area contributed by atoms with Crippen molar-refractivity contribution < 1.29 is 9.13 Å². The molecule has 6 nitrogen and oxygen atoms in total. The van der Waals surface area contributed by atoms with Crippen LogP contribution in [0.1, 0.15) is 5.56 Å². The van der Waals surface area contributed by atoms with Crippen LogP contribution in [0.4, 0.5) is 16.2 Å². The molecular weight excluding hydrogens is 309 g/mol. The third-order valence-corrected chi connectivity index (χ3v) is 3.86. The van der Waals surface area contributed by atoms with E-state index in [0.29, 0.717) is 12.5 Å². The zero-order valence-corrected chi connectivity index (χ0v) is 13.5. The van der Waals surface area contributed by atoms with E-state index in [4.69, 9.17) is 4.74 Å². The van der Waals surface area contributed by atoms with Gasteiger partial charge >= 0.3 is 0 Å². The second-order valence-electron chi connectivity index (χ2n) is 5.63. The number of halogens is 1. The van der Waals surface area contributed by atoms with Crippen LogP contribution in [0.15, 0.2) is 36.5 Å². The number of hydrogen-bond acceptors (Lipinski definition) is 6. The van der Waals surface area contributed by atoms with Gasteiger partial charge < -0.3 is 15.4 Å². The lowest BCUT2D eigenvalue weighted by molar-refractivity contribution is 0.0398. The molecule has 1 aliphatic rings. The molecule has 0 atom stereocenters. The number of ether oxygens (including phenoxy) is 1. The van der Waals surface area contributed by atoms with Crippen molar-refractivity contribution in [1.29, 1.82) is 0 Å². The number of benzene rings is 1. The van der Waals surface area contributed by atoms with Gasteiger partial charge in [-0.2, -0.15) is 4.98 Å². The molecule has 0 radical (unpaired) electrons. The average Bonchev–Trinajstić information content (AvgIpc) is 2.63. The second kappa shape index (κ2) is 8.56. The molecule has 7 heteroatoms. The maximum Gasteiger partial charge on any atom is 0.224 e. The normalized spacial score (nSPS) is 15.2. The highest BCUT2D eigenvalue weighted by atomic mass is 19.1. The molecule has 0 saturated carbocycles. The van der Waals surface area contributed by atoms with Crippen LogP contribution in [0.5, 0.6) is 0 Å². The second-order valence-corrected chi connectivity index (χ2v) is 5.63. The van der Waals surface area contributed by atoms with E-state index in [0.717, 1.165) is 50.8 Å². The summed E-state index contributed by atoms with van der Waals surface area (Å²) in [5.41, 5.74) is 0.997. The van der Waals surface area contributed by atoms with E-state index in [1.54, 1.807) is 18.3 Å². The minimum absolute atomic E-state index is 0.229. The molecule has 0 amide bonds. The third-order valence-electron chi connectivity index (χ3n) is 3.86. The fourth-order valence-electron chi connectivity index (χ4n) is 2.49. The summed E-state index contributed by atoms with van der Waals surface area (Å²) in [6.45, 7) is 5.88. The molecule has 1 saturated heterocycles. The number of rotatable bonds is 7. The van der Waals surface area contributed by atoms with Crippen molar-refractivity contribution in [2.24, 2.45) is 0 Å². The molecule has 2 heterocycles. The SMILES string of the molecule is Fc1ccc(CNc2ccnc(NCCN3CCOCC3)n2)cc1. The van der Waals surface area contributed by atoms with Crippen LogP contribution >= 0.6 is 0 Å². The van der Waals surface area contributed by atoms with Crippen LogP contribution in [0.3, 0.4) is 0 Å². The van der Waals surface area contributed by atoms with E-state index in [9.17, 15) is 4.39 Å². The lowest BCUT2D eigenvalue weighted by Gasteiger charge is -2.26. The Labute approximate surface area is 141 Å². The van der Waals surface area contributed by atoms with Crippen LogP contribution in [-0.4, -0.2) is 54.3 Å². The number of hydrogen-bond donors (Lipinski definition) is 2. The summed E-state index contributed by atoms with van der Waals surface area (Å²) in [5.74, 6) is 1.11. The summed E-state index contributed by atoms with van der Waals surface area (Å²) >= 11 is 0. The van der Waals surface area contributed by atoms with Crippen molar-refractivity contribution in [3.63, 3.8) is 0 Å². The summed E-state index contributed by atoms with van der Waals surface area (Å²) < 4.78 is 18.2. The fourth-order valence-corrected chi connectivity index (χ4v) is 2.49. The molecule has 3 rings (SSSR count). The highest BCUT2D eigenvalue weighted by molar-refractivity contribution is 5.40. The Kier molecular flexibility index (Phi) is 5.92. The van der Waals surface area contributed by atoms with Crippen molar-refractivity contribution in [1.82, 2.24) is 14.9 Å². The van der Waals surface area contributed by atoms with Crippen molar-refractivity contribution >= 4 is 11.8 Å². The highest BCUT2D eigenvalue weighted by Crippen LogP contribution is 2.09. The Bertz CT molecular complexity index is 631. The van der Waals surface area contributed by atoms with Crippen molar-refractivity contribution in [2.75, 3.05) is 50.0 Å². The van der Waals surface area contributed by atoms with E-state index in [2.05, 4.69) is 25.5 Å². The molecule has 0 bridgehead atoms. The van der Waals surface area contributed by atoms with Crippen LogP contribution < -0.4 is 10.6 Å². The largest absolute Gasteiger partial charge is 0.379 e. The fraction of sp³-hybridized carbons (Fsp3) is 0.412. The molecule has 1 aliphatic heterocycles. The van der Waals surface area contributed by atoms with E-state index in [1.807, 2.05) is 6.07 Å². The average molecular weight is 331 g/mol. The summed E-state index contributed by atoms with van der Waals surface area (Å²) in [7, 11) is 0. The first-order valence-corrected chi connectivity index (χ1v) is 8.15. The van der Waals surface area contributed by atoms with Gasteiger partial charge in [-0.1, -0.05) is 12.1 Å². The minimum atomic E-state index is -0.229. The standard InChI is InChI=1S/C17H22FN5O/c18-15-3-1-14(2-4-15)13-21-16-5-6-19-17(22-16)20-7-8-23-9-11-24-12-10-23/h1-6H,7-13H2,(H2,19,20,21,22). The Balaban J connectivity index is 1.45. The Morgan fingerprint density at radius 2 is 1.88 bits per heavy atom. The van der Waals surface area contributed by atoms with Gasteiger partial charge in [-0.15, -0.1) is 0 Å². The van der Waals surface area contributed by atoms with Crippen LogP contribution in [0, 0.1) is 5.82 Å². The molecule has 2 aromatic rings. The van der Waals surface area contributed by atoms with E-state index in [-0.39, 0.29) is 5.82 Å².